The van der Waals surface area contributed by atoms with Gasteiger partial charge in [0.05, 0.1) is 16.7 Å². The lowest BCUT2D eigenvalue weighted by Crippen LogP contribution is -2.48. The van der Waals surface area contributed by atoms with Crippen LogP contribution in [-0.2, 0) is 11.3 Å². The molecule has 2 aromatic heterocycles. The van der Waals surface area contributed by atoms with Gasteiger partial charge in [-0.2, -0.15) is 0 Å². The van der Waals surface area contributed by atoms with Crippen LogP contribution in [0.4, 0.5) is 0 Å². The van der Waals surface area contributed by atoms with E-state index in [-0.39, 0.29) is 12.0 Å². The van der Waals surface area contributed by atoms with Crippen LogP contribution in [0.1, 0.15) is 44.8 Å². The third-order valence-electron chi connectivity index (χ3n) is 5.24. The molecule has 5 nitrogen and oxygen atoms in total. The molecule has 0 radical (unpaired) electrons. The van der Waals surface area contributed by atoms with E-state index in [0.717, 1.165) is 62.7 Å². The van der Waals surface area contributed by atoms with Gasteiger partial charge in [-0.25, -0.2) is 0 Å². The molecule has 0 unspecified atom stereocenters. The Bertz CT molecular complexity index is 762. The molecular weight excluding hydrogens is 346 g/mol. The van der Waals surface area contributed by atoms with Gasteiger partial charge in [-0.05, 0) is 43.5 Å². The van der Waals surface area contributed by atoms with E-state index in [1.54, 1.807) is 11.3 Å². The number of thiophene rings is 1. The lowest BCUT2D eigenvalue weighted by Gasteiger charge is -2.34. The van der Waals surface area contributed by atoms with E-state index in [4.69, 9.17) is 4.74 Å². The van der Waals surface area contributed by atoms with Crippen molar-refractivity contribution in [3.63, 3.8) is 0 Å². The summed E-state index contributed by atoms with van der Waals surface area (Å²) in [6.07, 6.45) is 4.23. The first-order valence-electron chi connectivity index (χ1n) is 9.34. The Hall–Kier alpha value is -1.76. The molecule has 0 N–H and O–H groups in total. The molecule has 2 aromatic rings. The summed E-state index contributed by atoms with van der Waals surface area (Å²) in [6.45, 7) is 7.14. The number of aromatic nitrogens is 1. The first-order valence-corrected chi connectivity index (χ1v) is 10.2. The van der Waals surface area contributed by atoms with Crippen molar-refractivity contribution in [2.75, 3.05) is 32.8 Å². The second-order valence-corrected chi connectivity index (χ2v) is 8.15. The number of nitrogens with zero attached hydrogens (tertiary/aromatic N) is 3. The molecular formula is C20H25N3O2S. The van der Waals surface area contributed by atoms with Gasteiger partial charge in [0.1, 0.15) is 0 Å². The fourth-order valence-electron chi connectivity index (χ4n) is 3.60. The Kier molecular flexibility index (Phi) is 5.33. The fourth-order valence-corrected chi connectivity index (χ4v) is 4.66. The molecule has 0 spiro atoms. The van der Waals surface area contributed by atoms with E-state index in [1.807, 2.05) is 23.2 Å². The normalized spacial score (nSPS) is 21.3. The molecule has 2 saturated heterocycles. The molecule has 2 aliphatic rings. The number of amides is 1. The number of ether oxygens (including phenoxy) is 1. The number of hydrogen-bond donors (Lipinski definition) is 0. The maximum absolute atomic E-state index is 12.8. The summed E-state index contributed by atoms with van der Waals surface area (Å²) in [4.78, 5) is 23.7. The Morgan fingerprint density at radius 2 is 2.12 bits per heavy atom. The fraction of sp³-hybridized carbons (Fsp3) is 0.500. The summed E-state index contributed by atoms with van der Waals surface area (Å²) < 4.78 is 5.73. The summed E-state index contributed by atoms with van der Waals surface area (Å²) >= 11 is 1.60. The van der Waals surface area contributed by atoms with Crippen LogP contribution in [0.3, 0.4) is 0 Å². The van der Waals surface area contributed by atoms with Gasteiger partial charge in [0, 0.05) is 50.4 Å². The predicted octanol–water partition coefficient (Wildman–Crippen LogP) is 3.26. The number of rotatable bonds is 4. The second-order valence-electron chi connectivity index (χ2n) is 7.04. The number of carbonyl (C=O) groups is 1. The maximum atomic E-state index is 12.8. The van der Waals surface area contributed by atoms with Crippen molar-refractivity contribution in [1.82, 2.24) is 14.8 Å². The zero-order chi connectivity index (χ0) is 17.9. The standard InChI is InChI=1S/C20H25N3O2S/c1-15-4-2-8-21-16(15)14-22-9-11-23(12-10-22)20(24)19-7-6-18(26-19)17-5-3-13-25-17/h2,4,6-8,17H,3,5,9-14H2,1H3/t17-/m1/s1. The zero-order valence-corrected chi connectivity index (χ0v) is 16.0. The average Bonchev–Trinajstić information content (AvgIpc) is 3.35. The van der Waals surface area contributed by atoms with Crippen molar-refractivity contribution >= 4 is 17.2 Å². The van der Waals surface area contributed by atoms with Crippen molar-refractivity contribution in [3.8, 4) is 0 Å². The van der Waals surface area contributed by atoms with E-state index in [1.165, 1.54) is 10.4 Å². The highest BCUT2D eigenvalue weighted by Crippen LogP contribution is 2.33. The average molecular weight is 372 g/mol. The molecule has 0 aliphatic carbocycles. The van der Waals surface area contributed by atoms with E-state index < -0.39 is 0 Å². The molecule has 0 saturated carbocycles. The van der Waals surface area contributed by atoms with Crippen LogP contribution in [0, 0.1) is 6.92 Å². The molecule has 1 atom stereocenters. The van der Waals surface area contributed by atoms with Crippen molar-refractivity contribution in [2.24, 2.45) is 0 Å². The highest BCUT2D eigenvalue weighted by molar-refractivity contribution is 7.14. The summed E-state index contributed by atoms with van der Waals surface area (Å²) in [5.41, 5.74) is 2.36. The van der Waals surface area contributed by atoms with Crippen molar-refractivity contribution < 1.29 is 9.53 Å². The van der Waals surface area contributed by atoms with Crippen molar-refractivity contribution in [3.05, 3.63) is 51.5 Å². The molecule has 26 heavy (non-hydrogen) atoms. The van der Waals surface area contributed by atoms with Gasteiger partial charge < -0.3 is 9.64 Å². The summed E-state index contributed by atoms with van der Waals surface area (Å²) in [7, 11) is 0. The van der Waals surface area contributed by atoms with E-state index >= 15 is 0 Å². The monoisotopic (exact) mass is 371 g/mol. The number of piperazine rings is 1. The van der Waals surface area contributed by atoms with Crippen LogP contribution in [-0.4, -0.2) is 53.5 Å². The summed E-state index contributed by atoms with van der Waals surface area (Å²) in [5.74, 6) is 0.160. The third kappa shape index (κ3) is 3.82. The van der Waals surface area contributed by atoms with E-state index in [9.17, 15) is 4.79 Å². The van der Waals surface area contributed by atoms with Gasteiger partial charge in [0.25, 0.3) is 5.91 Å². The van der Waals surface area contributed by atoms with Gasteiger partial charge in [0.15, 0.2) is 0 Å². The Morgan fingerprint density at radius 3 is 2.85 bits per heavy atom. The summed E-state index contributed by atoms with van der Waals surface area (Å²) in [6, 6.07) is 8.10. The number of pyridine rings is 1. The van der Waals surface area contributed by atoms with E-state index in [0.29, 0.717) is 0 Å². The van der Waals surface area contributed by atoms with Gasteiger partial charge in [-0.1, -0.05) is 6.07 Å². The predicted molar refractivity (Wildman–Crippen MR) is 102 cm³/mol. The first-order chi connectivity index (χ1) is 12.7. The van der Waals surface area contributed by atoms with Gasteiger partial charge in [-0.3, -0.25) is 14.7 Å². The molecule has 4 rings (SSSR count). The van der Waals surface area contributed by atoms with Crippen LogP contribution in [0.15, 0.2) is 30.5 Å². The van der Waals surface area contributed by atoms with Crippen LogP contribution in [0.2, 0.25) is 0 Å². The number of hydrogen-bond acceptors (Lipinski definition) is 5. The molecule has 2 fully saturated rings. The Balaban J connectivity index is 1.33. The SMILES string of the molecule is Cc1cccnc1CN1CCN(C(=O)c2ccc([C@H]3CCCO3)s2)CC1. The van der Waals surface area contributed by atoms with Crippen LogP contribution < -0.4 is 0 Å². The molecule has 4 heterocycles. The molecule has 6 heteroatoms. The van der Waals surface area contributed by atoms with Crippen molar-refractivity contribution in [1.29, 1.82) is 0 Å². The van der Waals surface area contributed by atoms with E-state index in [2.05, 4.69) is 28.9 Å². The van der Waals surface area contributed by atoms with Crippen LogP contribution in [0.5, 0.6) is 0 Å². The number of aryl methyl sites for hydroxylation is 1. The minimum Gasteiger partial charge on any atom is -0.373 e. The van der Waals surface area contributed by atoms with Crippen molar-refractivity contribution in [2.45, 2.75) is 32.4 Å². The smallest absolute Gasteiger partial charge is 0.264 e. The molecule has 1 amide bonds. The van der Waals surface area contributed by atoms with Crippen LogP contribution >= 0.6 is 11.3 Å². The summed E-state index contributed by atoms with van der Waals surface area (Å²) in [5, 5.41) is 0. The molecule has 138 valence electrons. The number of carbonyl (C=O) groups excluding carboxylic acids is 1. The highest BCUT2D eigenvalue weighted by Gasteiger charge is 2.25. The lowest BCUT2D eigenvalue weighted by molar-refractivity contribution is 0.0631. The minimum absolute atomic E-state index is 0.160. The largest absolute Gasteiger partial charge is 0.373 e. The second kappa shape index (κ2) is 7.86. The minimum atomic E-state index is 0.160. The van der Waals surface area contributed by atoms with Crippen LogP contribution in [0.25, 0.3) is 0 Å². The van der Waals surface area contributed by atoms with Gasteiger partial charge in [0.2, 0.25) is 0 Å². The molecule has 2 aliphatic heterocycles. The quantitative estimate of drug-likeness (QED) is 0.828. The Labute approximate surface area is 158 Å². The van der Waals surface area contributed by atoms with Gasteiger partial charge in [-0.15, -0.1) is 11.3 Å². The highest BCUT2D eigenvalue weighted by atomic mass is 32.1. The third-order valence-corrected chi connectivity index (χ3v) is 6.40. The molecule has 0 aromatic carbocycles. The zero-order valence-electron chi connectivity index (χ0n) is 15.2. The van der Waals surface area contributed by atoms with Gasteiger partial charge >= 0.3 is 0 Å². The topological polar surface area (TPSA) is 45.7 Å². The lowest BCUT2D eigenvalue weighted by atomic mass is 10.2. The Morgan fingerprint density at radius 1 is 1.27 bits per heavy atom. The maximum Gasteiger partial charge on any atom is 0.264 e. The first kappa shape index (κ1) is 17.6. The molecule has 0 bridgehead atoms.